The molecular weight excluding hydrogens is 356 g/mol. The minimum Gasteiger partial charge on any atom is -0.493 e. The van der Waals surface area contributed by atoms with Gasteiger partial charge in [0, 0.05) is 0 Å². The second-order valence-electron chi connectivity index (χ2n) is 4.35. The molecule has 0 aliphatic carbocycles. The monoisotopic (exact) mass is 370 g/mol. The van der Waals surface area contributed by atoms with Gasteiger partial charge < -0.3 is 14.8 Å². The van der Waals surface area contributed by atoms with E-state index >= 15 is 0 Å². The molecular formula is C14H15BrN2O3S. The maximum atomic E-state index is 11.6. The molecule has 0 aromatic heterocycles. The van der Waals surface area contributed by atoms with Crippen molar-refractivity contribution in [3.05, 3.63) is 27.9 Å². The molecule has 1 amide bonds. The van der Waals surface area contributed by atoms with Crippen LogP contribution < -0.4 is 20.1 Å². The summed E-state index contributed by atoms with van der Waals surface area (Å²) in [5.74, 6) is 1.01. The van der Waals surface area contributed by atoms with Gasteiger partial charge in [-0.3, -0.25) is 10.1 Å². The summed E-state index contributed by atoms with van der Waals surface area (Å²) in [5.41, 5.74) is 1.20. The number of amides is 1. The maximum Gasteiger partial charge on any atom is 0.273 e. The van der Waals surface area contributed by atoms with E-state index in [1.807, 2.05) is 13.0 Å². The maximum absolute atomic E-state index is 11.6. The molecule has 5 nitrogen and oxygen atoms in total. The summed E-state index contributed by atoms with van der Waals surface area (Å²) in [6.45, 7) is 2.64. The van der Waals surface area contributed by atoms with E-state index in [9.17, 15) is 4.79 Å². The van der Waals surface area contributed by atoms with Gasteiger partial charge in [0.2, 0.25) is 0 Å². The molecule has 2 N–H and O–H groups in total. The van der Waals surface area contributed by atoms with Gasteiger partial charge in [-0.2, -0.15) is 0 Å². The van der Waals surface area contributed by atoms with Gasteiger partial charge in [-0.25, -0.2) is 0 Å². The molecule has 0 saturated carbocycles. The first-order valence-electron chi connectivity index (χ1n) is 6.39. The number of ether oxygens (including phenoxy) is 2. The third-order valence-corrected chi connectivity index (χ3v) is 3.53. The fourth-order valence-electron chi connectivity index (χ4n) is 1.82. The number of carbonyl (C=O) groups is 1. The van der Waals surface area contributed by atoms with Crippen LogP contribution in [0.4, 0.5) is 0 Å². The third-order valence-electron chi connectivity index (χ3n) is 2.73. The number of carbonyl (C=O) groups excluding carboxylic acids is 1. The van der Waals surface area contributed by atoms with Crippen LogP contribution in [0, 0.1) is 0 Å². The van der Waals surface area contributed by atoms with Crippen LogP contribution in [0.1, 0.15) is 18.9 Å². The predicted molar refractivity (Wildman–Crippen MR) is 88.3 cm³/mol. The normalized spacial score (nSPS) is 15.9. The van der Waals surface area contributed by atoms with Crippen molar-refractivity contribution in [3.63, 3.8) is 0 Å². The van der Waals surface area contributed by atoms with Gasteiger partial charge in [-0.1, -0.05) is 6.92 Å². The van der Waals surface area contributed by atoms with E-state index in [1.54, 1.807) is 19.3 Å². The Morgan fingerprint density at radius 2 is 2.14 bits per heavy atom. The Morgan fingerprint density at radius 3 is 2.71 bits per heavy atom. The van der Waals surface area contributed by atoms with E-state index in [2.05, 4.69) is 26.6 Å². The van der Waals surface area contributed by atoms with Crippen molar-refractivity contribution >= 4 is 45.2 Å². The van der Waals surface area contributed by atoms with E-state index in [-0.39, 0.29) is 5.91 Å². The Labute approximate surface area is 136 Å². The Hall–Kier alpha value is -1.60. The Balaban J connectivity index is 2.34. The SMILES string of the molecule is CCCOc1c(Br)cc(/C=C2\NC(=S)NC2=O)cc1OC. The summed E-state index contributed by atoms with van der Waals surface area (Å²) in [6.07, 6.45) is 2.61. The Kier molecular flexibility index (Phi) is 5.19. The molecule has 1 fully saturated rings. The van der Waals surface area contributed by atoms with Crippen molar-refractivity contribution in [3.8, 4) is 11.5 Å². The zero-order chi connectivity index (χ0) is 15.4. The molecule has 0 bridgehead atoms. The van der Waals surface area contributed by atoms with E-state index < -0.39 is 0 Å². The van der Waals surface area contributed by atoms with Crippen LogP contribution in [0.15, 0.2) is 22.3 Å². The standard InChI is InChI=1S/C14H15BrN2O3S/c1-3-4-20-12-9(15)5-8(7-11(12)19-2)6-10-13(18)17-14(21)16-10/h5-7H,3-4H2,1-2H3,(H2,16,17,18,21)/b10-6-. The van der Waals surface area contributed by atoms with Crippen LogP contribution in [-0.2, 0) is 4.79 Å². The average molecular weight is 371 g/mol. The molecule has 2 rings (SSSR count). The molecule has 7 heteroatoms. The number of halogens is 1. The summed E-state index contributed by atoms with van der Waals surface area (Å²) in [7, 11) is 1.58. The molecule has 21 heavy (non-hydrogen) atoms. The molecule has 1 heterocycles. The lowest BCUT2D eigenvalue weighted by Gasteiger charge is -2.13. The van der Waals surface area contributed by atoms with Crippen LogP contribution >= 0.6 is 28.1 Å². The topological polar surface area (TPSA) is 59.6 Å². The van der Waals surface area contributed by atoms with Crippen LogP contribution in [0.3, 0.4) is 0 Å². The molecule has 1 saturated heterocycles. The fraction of sp³-hybridized carbons (Fsp3) is 0.286. The minimum absolute atomic E-state index is 0.249. The molecule has 0 unspecified atom stereocenters. The third kappa shape index (κ3) is 3.74. The van der Waals surface area contributed by atoms with E-state index in [1.165, 1.54) is 0 Å². The van der Waals surface area contributed by atoms with Crippen LogP contribution in [-0.4, -0.2) is 24.7 Å². The number of benzene rings is 1. The lowest BCUT2D eigenvalue weighted by molar-refractivity contribution is -0.115. The molecule has 1 aliphatic heterocycles. The van der Waals surface area contributed by atoms with Crippen LogP contribution in [0.25, 0.3) is 6.08 Å². The van der Waals surface area contributed by atoms with Crippen molar-refractivity contribution in [2.75, 3.05) is 13.7 Å². The van der Waals surface area contributed by atoms with Gasteiger partial charge in [0.15, 0.2) is 16.6 Å². The summed E-state index contributed by atoms with van der Waals surface area (Å²) < 4.78 is 11.8. The highest BCUT2D eigenvalue weighted by Crippen LogP contribution is 2.37. The lowest BCUT2D eigenvalue weighted by atomic mass is 10.1. The van der Waals surface area contributed by atoms with Crippen molar-refractivity contribution in [2.24, 2.45) is 0 Å². The Bertz CT molecular complexity index is 616. The highest BCUT2D eigenvalue weighted by molar-refractivity contribution is 9.10. The van der Waals surface area contributed by atoms with Crippen molar-refractivity contribution < 1.29 is 14.3 Å². The molecule has 0 atom stereocenters. The number of methoxy groups -OCH3 is 1. The minimum atomic E-state index is -0.249. The molecule has 1 aromatic rings. The first-order chi connectivity index (χ1) is 10.0. The molecule has 1 aromatic carbocycles. The van der Waals surface area contributed by atoms with Gasteiger partial charge in [0.1, 0.15) is 5.70 Å². The zero-order valence-corrected chi connectivity index (χ0v) is 14.1. The first-order valence-corrected chi connectivity index (χ1v) is 7.59. The number of hydrogen-bond donors (Lipinski definition) is 2. The van der Waals surface area contributed by atoms with Gasteiger partial charge in [0.25, 0.3) is 5.91 Å². The van der Waals surface area contributed by atoms with Gasteiger partial charge in [-0.05, 0) is 58.3 Å². The van der Waals surface area contributed by atoms with Gasteiger partial charge in [-0.15, -0.1) is 0 Å². The lowest BCUT2D eigenvalue weighted by Crippen LogP contribution is -2.21. The second kappa shape index (κ2) is 6.91. The summed E-state index contributed by atoms with van der Waals surface area (Å²) in [6, 6.07) is 3.66. The molecule has 0 radical (unpaired) electrons. The number of hydrogen-bond acceptors (Lipinski definition) is 4. The van der Waals surface area contributed by atoms with Crippen molar-refractivity contribution in [1.29, 1.82) is 0 Å². The highest BCUT2D eigenvalue weighted by atomic mass is 79.9. The first kappa shape index (κ1) is 15.8. The zero-order valence-electron chi connectivity index (χ0n) is 11.7. The largest absolute Gasteiger partial charge is 0.493 e. The van der Waals surface area contributed by atoms with Crippen molar-refractivity contribution in [1.82, 2.24) is 10.6 Å². The second-order valence-corrected chi connectivity index (χ2v) is 5.61. The molecule has 0 spiro atoms. The summed E-state index contributed by atoms with van der Waals surface area (Å²) in [4.78, 5) is 11.6. The quantitative estimate of drug-likeness (QED) is 0.616. The highest BCUT2D eigenvalue weighted by Gasteiger charge is 2.20. The predicted octanol–water partition coefficient (Wildman–Crippen LogP) is 2.59. The molecule has 1 aliphatic rings. The van der Waals surface area contributed by atoms with E-state index in [4.69, 9.17) is 21.7 Å². The smallest absolute Gasteiger partial charge is 0.273 e. The fourth-order valence-corrected chi connectivity index (χ4v) is 2.59. The van der Waals surface area contributed by atoms with Gasteiger partial charge >= 0.3 is 0 Å². The Morgan fingerprint density at radius 1 is 1.38 bits per heavy atom. The van der Waals surface area contributed by atoms with Crippen LogP contribution in [0.2, 0.25) is 0 Å². The number of rotatable bonds is 5. The summed E-state index contributed by atoms with van der Waals surface area (Å²) >= 11 is 8.36. The van der Waals surface area contributed by atoms with Crippen LogP contribution in [0.5, 0.6) is 11.5 Å². The molecule has 112 valence electrons. The number of nitrogens with one attached hydrogen (secondary N) is 2. The number of thiocarbonyl (C=S) groups is 1. The van der Waals surface area contributed by atoms with E-state index in [0.29, 0.717) is 28.9 Å². The average Bonchev–Trinajstić information content (AvgIpc) is 2.75. The summed E-state index contributed by atoms with van der Waals surface area (Å²) in [5, 5.41) is 5.62. The van der Waals surface area contributed by atoms with Gasteiger partial charge in [0.05, 0.1) is 18.2 Å². The van der Waals surface area contributed by atoms with Crippen molar-refractivity contribution in [2.45, 2.75) is 13.3 Å². The van der Waals surface area contributed by atoms with E-state index in [0.717, 1.165) is 16.5 Å².